The largest absolute Gasteiger partial charge is 0.350 e. The highest BCUT2D eigenvalue weighted by Gasteiger charge is 2.09. The first kappa shape index (κ1) is 20.3. The molecule has 0 radical (unpaired) electrons. The quantitative estimate of drug-likeness (QED) is 0.647. The van der Waals surface area contributed by atoms with Gasteiger partial charge in [-0.25, -0.2) is 4.98 Å². The number of amides is 2. The lowest BCUT2D eigenvalue weighted by Crippen LogP contribution is -2.32. The van der Waals surface area contributed by atoms with E-state index in [2.05, 4.69) is 15.6 Å². The Hall–Kier alpha value is -3.48. The molecule has 7 heteroatoms. The molecule has 0 bridgehead atoms. The van der Waals surface area contributed by atoms with E-state index in [4.69, 9.17) is 0 Å². The van der Waals surface area contributed by atoms with E-state index in [-0.39, 0.29) is 23.9 Å². The number of aryl methyl sites for hydroxylation is 1. The predicted molar refractivity (Wildman–Crippen MR) is 113 cm³/mol. The summed E-state index contributed by atoms with van der Waals surface area (Å²) in [7, 11) is 0. The van der Waals surface area contributed by atoms with E-state index in [1.54, 1.807) is 18.2 Å². The van der Waals surface area contributed by atoms with Gasteiger partial charge in [-0.3, -0.25) is 19.0 Å². The summed E-state index contributed by atoms with van der Waals surface area (Å²) in [5, 5.41) is 6.13. The Morgan fingerprint density at radius 2 is 1.90 bits per heavy atom. The number of hydrogen-bond donors (Lipinski definition) is 2. The molecule has 1 aromatic heterocycles. The smallest absolute Gasteiger partial charge is 0.261 e. The summed E-state index contributed by atoms with van der Waals surface area (Å²) < 4.78 is 1.30. The molecule has 3 rings (SSSR count). The lowest BCUT2D eigenvalue weighted by Gasteiger charge is -2.10. The minimum absolute atomic E-state index is 0.0351. The summed E-state index contributed by atoms with van der Waals surface area (Å²) in [5.74, 6) is -0.326. The van der Waals surface area contributed by atoms with Gasteiger partial charge >= 0.3 is 0 Å². The Morgan fingerprint density at radius 1 is 1.10 bits per heavy atom. The first-order chi connectivity index (χ1) is 14.0. The minimum atomic E-state index is -0.290. The zero-order valence-electron chi connectivity index (χ0n) is 16.6. The van der Waals surface area contributed by atoms with Crippen molar-refractivity contribution in [1.29, 1.82) is 0 Å². The van der Waals surface area contributed by atoms with Gasteiger partial charge in [-0.15, -0.1) is 0 Å². The molecule has 7 nitrogen and oxygen atoms in total. The number of para-hydroxylation sites is 1. The van der Waals surface area contributed by atoms with E-state index in [9.17, 15) is 14.4 Å². The van der Waals surface area contributed by atoms with Crippen LogP contribution >= 0.6 is 0 Å². The summed E-state index contributed by atoms with van der Waals surface area (Å²) >= 11 is 0. The number of aromatic nitrogens is 2. The number of hydrogen-bond acceptors (Lipinski definition) is 4. The summed E-state index contributed by atoms with van der Waals surface area (Å²) in [6.45, 7) is 4.03. The van der Waals surface area contributed by atoms with Crippen LogP contribution in [0.15, 0.2) is 53.6 Å². The monoisotopic (exact) mass is 392 g/mol. The third-order valence-corrected chi connectivity index (χ3v) is 4.55. The fourth-order valence-corrected chi connectivity index (χ4v) is 3.07. The fourth-order valence-electron chi connectivity index (χ4n) is 3.07. The van der Waals surface area contributed by atoms with Crippen LogP contribution < -0.4 is 16.2 Å². The third kappa shape index (κ3) is 5.07. The molecule has 2 amide bonds. The molecule has 0 aliphatic carbocycles. The van der Waals surface area contributed by atoms with Crippen molar-refractivity contribution in [3.63, 3.8) is 0 Å². The standard InChI is InChI=1S/C22H24N4O3/c1-3-6-19(27)25-17-9-5-8-16(11-17)12-23-20(28)13-26-14-24-21-15(2)7-4-10-18(21)22(26)29/h4-5,7-11,14H,3,6,12-13H2,1-2H3,(H,23,28)(H,25,27). The van der Waals surface area contributed by atoms with E-state index in [0.29, 0.717) is 29.6 Å². The molecule has 0 aliphatic rings. The maximum atomic E-state index is 12.6. The van der Waals surface area contributed by atoms with Gasteiger partial charge < -0.3 is 10.6 Å². The van der Waals surface area contributed by atoms with E-state index >= 15 is 0 Å². The van der Waals surface area contributed by atoms with Crippen LogP contribution in [0.1, 0.15) is 30.9 Å². The summed E-state index contributed by atoms with van der Waals surface area (Å²) in [5.41, 5.74) is 2.88. The van der Waals surface area contributed by atoms with Crippen molar-refractivity contribution in [1.82, 2.24) is 14.9 Å². The third-order valence-electron chi connectivity index (χ3n) is 4.55. The van der Waals surface area contributed by atoms with Gasteiger partial charge in [0.25, 0.3) is 5.56 Å². The lowest BCUT2D eigenvalue weighted by molar-refractivity contribution is -0.122. The van der Waals surface area contributed by atoms with Crippen molar-refractivity contribution in [2.75, 3.05) is 5.32 Å². The van der Waals surface area contributed by atoms with Gasteiger partial charge in [-0.05, 0) is 42.7 Å². The Bertz CT molecular complexity index is 1100. The number of benzene rings is 2. The predicted octanol–water partition coefficient (Wildman–Crippen LogP) is 2.76. The van der Waals surface area contributed by atoms with Crippen LogP contribution in [0.2, 0.25) is 0 Å². The number of fused-ring (bicyclic) bond motifs is 1. The summed E-state index contributed by atoms with van der Waals surface area (Å²) in [6.07, 6.45) is 2.65. The molecule has 2 aromatic carbocycles. The first-order valence-electron chi connectivity index (χ1n) is 9.58. The Kier molecular flexibility index (Phi) is 6.39. The Balaban J connectivity index is 1.63. The maximum Gasteiger partial charge on any atom is 0.261 e. The van der Waals surface area contributed by atoms with Crippen molar-refractivity contribution < 1.29 is 9.59 Å². The molecule has 0 aliphatic heterocycles. The zero-order valence-corrected chi connectivity index (χ0v) is 16.6. The average Bonchev–Trinajstić information content (AvgIpc) is 2.69. The molecular formula is C22H24N4O3. The molecule has 150 valence electrons. The van der Waals surface area contributed by atoms with Gasteiger partial charge in [0.05, 0.1) is 17.2 Å². The highest BCUT2D eigenvalue weighted by Crippen LogP contribution is 2.12. The van der Waals surface area contributed by atoms with Gasteiger partial charge in [0.15, 0.2) is 0 Å². The van der Waals surface area contributed by atoms with Crippen molar-refractivity contribution in [3.05, 3.63) is 70.3 Å². The van der Waals surface area contributed by atoms with Crippen LogP contribution in [0.25, 0.3) is 10.9 Å². The normalized spacial score (nSPS) is 10.7. The second-order valence-corrected chi connectivity index (χ2v) is 6.92. The van der Waals surface area contributed by atoms with Crippen molar-refractivity contribution >= 4 is 28.4 Å². The summed E-state index contributed by atoms with van der Waals surface area (Å²) in [4.78, 5) is 40.9. The van der Waals surface area contributed by atoms with Gasteiger partial charge in [-0.2, -0.15) is 0 Å². The summed E-state index contributed by atoms with van der Waals surface area (Å²) in [6, 6.07) is 12.7. The topological polar surface area (TPSA) is 93.1 Å². The maximum absolute atomic E-state index is 12.6. The average molecular weight is 392 g/mol. The van der Waals surface area contributed by atoms with Crippen LogP contribution in [0.4, 0.5) is 5.69 Å². The Labute approximate surface area is 168 Å². The number of anilines is 1. The fraction of sp³-hybridized carbons (Fsp3) is 0.273. The molecule has 2 N–H and O–H groups in total. The first-order valence-corrected chi connectivity index (χ1v) is 9.58. The van der Waals surface area contributed by atoms with Crippen LogP contribution in [0.5, 0.6) is 0 Å². The van der Waals surface area contributed by atoms with Crippen LogP contribution in [-0.2, 0) is 22.7 Å². The molecule has 0 spiro atoms. The van der Waals surface area contributed by atoms with E-state index in [1.807, 2.05) is 38.1 Å². The van der Waals surface area contributed by atoms with Gasteiger partial charge in [-0.1, -0.05) is 31.2 Å². The van der Waals surface area contributed by atoms with E-state index in [1.165, 1.54) is 10.9 Å². The van der Waals surface area contributed by atoms with Gasteiger partial charge in [0, 0.05) is 18.7 Å². The SMILES string of the molecule is CCCC(=O)Nc1cccc(CNC(=O)Cn2cnc3c(C)cccc3c2=O)c1. The van der Waals surface area contributed by atoms with E-state index in [0.717, 1.165) is 17.5 Å². The van der Waals surface area contributed by atoms with Crippen LogP contribution in [0.3, 0.4) is 0 Å². The Morgan fingerprint density at radius 3 is 2.69 bits per heavy atom. The number of rotatable bonds is 7. The molecule has 0 fully saturated rings. The van der Waals surface area contributed by atoms with Crippen molar-refractivity contribution in [3.8, 4) is 0 Å². The van der Waals surface area contributed by atoms with Gasteiger partial charge in [0.2, 0.25) is 11.8 Å². The molecule has 0 saturated carbocycles. The number of carbonyl (C=O) groups is 2. The second-order valence-electron chi connectivity index (χ2n) is 6.92. The number of carbonyl (C=O) groups excluding carboxylic acids is 2. The van der Waals surface area contributed by atoms with Crippen LogP contribution in [0, 0.1) is 6.92 Å². The number of nitrogens with one attached hydrogen (secondary N) is 2. The lowest BCUT2D eigenvalue weighted by atomic mass is 10.1. The molecule has 0 unspecified atom stereocenters. The molecule has 0 saturated heterocycles. The molecule has 1 heterocycles. The number of nitrogens with zero attached hydrogens (tertiary/aromatic N) is 2. The van der Waals surface area contributed by atoms with Crippen LogP contribution in [-0.4, -0.2) is 21.4 Å². The molecule has 3 aromatic rings. The second kappa shape index (κ2) is 9.14. The van der Waals surface area contributed by atoms with Crippen molar-refractivity contribution in [2.45, 2.75) is 39.8 Å². The van der Waals surface area contributed by atoms with E-state index < -0.39 is 0 Å². The highest BCUT2D eigenvalue weighted by atomic mass is 16.2. The highest BCUT2D eigenvalue weighted by molar-refractivity contribution is 5.90. The molecule has 0 atom stereocenters. The molecule has 29 heavy (non-hydrogen) atoms. The van der Waals surface area contributed by atoms with Gasteiger partial charge in [0.1, 0.15) is 6.54 Å². The zero-order chi connectivity index (χ0) is 20.8. The minimum Gasteiger partial charge on any atom is -0.350 e. The molecular weight excluding hydrogens is 368 g/mol. The van der Waals surface area contributed by atoms with Crippen molar-refractivity contribution in [2.24, 2.45) is 0 Å².